The van der Waals surface area contributed by atoms with E-state index in [4.69, 9.17) is 0 Å². The third kappa shape index (κ3) is 3.87. The summed E-state index contributed by atoms with van der Waals surface area (Å²) in [5, 5.41) is 0. The van der Waals surface area contributed by atoms with Crippen LogP contribution in [0.15, 0.2) is 48.8 Å². The zero-order valence-corrected chi connectivity index (χ0v) is 14.7. The van der Waals surface area contributed by atoms with Crippen molar-refractivity contribution >= 4 is 17.5 Å². The molecule has 130 valence electrons. The Morgan fingerprint density at radius 3 is 2.64 bits per heavy atom. The van der Waals surface area contributed by atoms with E-state index in [9.17, 15) is 9.59 Å². The average molecular weight is 337 g/mol. The number of hydrogen-bond donors (Lipinski definition) is 0. The van der Waals surface area contributed by atoms with E-state index >= 15 is 0 Å². The number of amides is 2. The Morgan fingerprint density at radius 1 is 1.24 bits per heavy atom. The van der Waals surface area contributed by atoms with Crippen molar-refractivity contribution in [1.82, 2.24) is 9.88 Å². The smallest absolute Gasteiger partial charge is 0.228 e. The Kier molecular flexibility index (Phi) is 5.12. The van der Waals surface area contributed by atoms with E-state index in [1.165, 1.54) is 5.56 Å². The fraction of sp³-hybridized carbons (Fsp3) is 0.350. The van der Waals surface area contributed by atoms with Crippen LogP contribution in [0.5, 0.6) is 0 Å². The van der Waals surface area contributed by atoms with Crippen molar-refractivity contribution in [2.45, 2.75) is 26.3 Å². The van der Waals surface area contributed by atoms with Gasteiger partial charge in [0, 0.05) is 44.6 Å². The molecule has 2 heterocycles. The number of anilines is 1. The molecular formula is C20H23N3O2. The summed E-state index contributed by atoms with van der Waals surface area (Å²) in [5.74, 6) is -0.276. The zero-order chi connectivity index (χ0) is 17.8. The Hall–Kier alpha value is -2.69. The summed E-state index contributed by atoms with van der Waals surface area (Å²) in [6.07, 6.45) is 4.70. The Labute approximate surface area is 148 Å². The Morgan fingerprint density at radius 2 is 2.00 bits per heavy atom. The number of carbonyl (C=O) groups is 2. The van der Waals surface area contributed by atoms with Gasteiger partial charge in [-0.1, -0.05) is 25.1 Å². The van der Waals surface area contributed by atoms with Crippen molar-refractivity contribution in [3.63, 3.8) is 0 Å². The van der Waals surface area contributed by atoms with Gasteiger partial charge < -0.3 is 9.80 Å². The van der Waals surface area contributed by atoms with Gasteiger partial charge in [0.1, 0.15) is 0 Å². The summed E-state index contributed by atoms with van der Waals surface area (Å²) in [6.45, 7) is 3.05. The highest BCUT2D eigenvalue weighted by molar-refractivity contribution is 6.00. The van der Waals surface area contributed by atoms with Gasteiger partial charge in [0.2, 0.25) is 11.8 Å². The molecule has 2 aromatic rings. The van der Waals surface area contributed by atoms with Crippen LogP contribution >= 0.6 is 0 Å². The van der Waals surface area contributed by atoms with Crippen LogP contribution < -0.4 is 4.90 Å². The van der Waals surface area contributed by atoms with Gasteiger partial charge in [-0.15, -0.1) is 0 Å². The molecule has 1 aliphatic heterocycles. The van der Waals surface area contributed by atoms with Crippen molar-refractivity contribution in [3.05, 3.63) is 59.9 Å². The molecule has 1 aromatic heterocycles. The van der Waals surface area contributed by atoms with E-state index < -0.39 is 0 Å². The monoisotopic (exact) mass is 337 g/mol. The summed E-state index contributed by atoms with van der Waals surface area (Å²) in [7, 11) is 1.78. The number of nitrogens with zero attached hydrogens (tertiary/aromatic N) is 3. The van der Waals surface area contributed by atoms with Crippen molar-refractivity contribution in [1.29, 1.82) is 0 Å². The minimum Gasteiger partial charge on any atom is -0.341 e. The van der Waals surface area contributed by atoms with E-state index in [0.29, 0.717) is 13.1 Å². The van der Waals surface area contributed by atoms with Crippen molar-refractivity contribution in [3.8, 4) is 0 Å². The zero-order valence-electron chi connectivity index (χ0n) is 14.7. The normalized spacial score (nSPS) is 17.0. The standard InChI is InChI=1S/C20H23N3O2/c1-3-15-6-8-18(9-7-15)23-14-17(11-19(23)24)20(25)22(2)13-16-5-4-10-21-12-16/h4-10,12,17H,3,11,13-14H2,1-2H3. The SMILES string of the molecule is CCc1ccc(N2CC(C(=O)N(C)Cc3cccnc3)CC2=O)cc1. The summed E-state index contributed by atoms with van der Waals surface area (Å²) in [5.41, 5.74) is 3.08. The third-order valence-corrected chi connectivity index (χ3v) is 4.65. The van der Waals surface area contributed by atoms with Crippen LogP contribution in [-0.2, 0) is 22.6 Å². The maximum atomic E-state index is 12.7. The highest BCUT2D eigenvalue weighted by Crippen LogP contribution is 2.26. The van der Waals surface area contributed by atoms with Gasteiger partial charge in [-0.3, -0.25) is 14.6 Å². The second kappa shape index (κ2) is 7.47. The summed E-state index contributed by atoms with van der Waals surface area (Å²) < 4.78 is 0. The molecule has 1 aliphatic rings. The van der Waals surface area contributed by atoms with E-state index in [0.717, 1.165) is 17.7 Å². The van der Waals surface area contributed by atoms with Gasteiger partial charge in [0.05, 0.1) is 5.92 Å². The second-order valence-electron chi connectivity index (χ2n) is 6.48. The molecule has 0 radical (unpaired) electrons. The number of carbonyl (C=O) groups excluding carboxylic acids is 2. The lowest BCUT2D eigenvalue weighted by molar-refractivity contribution is -0.135. The first-order valence-corrected chi connectivity index (χ1v) is 8.61. The highest BCUT2D eigenvalue weighted by Gasteiger charge is 2.36. The van der Waals surface area contributed by atoms with Crippen molar-refractivity contribution in [2.24, 2.45) is 5.92 Å². The number of benzene rings is 1. The topological polar surface area (TPSA) is 53.5 Å². The molecule has 5 nitrogen and oxygen atoms in total. The fourth-order valence-electron chi connectivity index (χ4n) is 3.19. The molecule has 1 saturated heterocycles. The lowest BCUT2D eigenvalue weighted by atomic mass is 10.1. The average Bonchev–Trinajstić information content (AvgIpc) is 3.03. The van der Waals surface area contributed by atoms with Crippen LogP contribution in [0.4, 0.5) is 5.69 Å². The molecule has 5 heteroatoms. The minimum atomic E-state index is -0.292. The molecule has 1 atom stereocenters. The minimum absolute atomic E-state index is 0.00452. The molecule has 0 aliphatic carbocycles. The van der Waals surface area contributed by atoms with Crippen LogP contribution in [0.25, 0.3) is 0 Å². The predicted molar refractivity (Wildman–Crippen MR) is 97.0 cm³/mol. The molecule has 1 unspecified atom stereocenters. The number of aromatic nitrogens is 1. The molecule has 1 fully saturated rings. The van der Waals surface area contributed by atoms with E-state index in [-0.39, 0.29) is 24.2 Å². The predicted octanol–water partition coefficient (Wildman–Crippen LogP) is 2.66. The number of hydrogen-bond acceptors (Lipinski definition) is 3. The summed E-state index contributed by atoms with van der Waals surface area (Å²) in [6, 6.07) is 11.8. The molecule has 25 heavy (non-hydrogen) atoms. The first-order chi connectivity index (χ1) is 12.1. The van der Waals surface area contributed by atoms with E-state index in [1.807, 2.05) is 36.4 Å². The van der Waals surface area contributed by atoms with Gasteiger partial charge in [0.15, 0.2) is 0 Å². The lowest BCUT2D eigenvalue weighted by Gasteiger charge is -2.21. The number of rotatable bonds is 5. The molecule has 2 amide bonds. The van der Waals surface area contributed by atoms with E-state index in [1.54, 1.807) is 29.2 Å². The second-order valence-corrected chi connectivity index (χ2v) is 6.48. The van der Waals surface area contributed by atoms with Gasteiger partial charge >= 0.3 is 0 Å². The quantitative estimate of drug-likeness (QED) is 0.843. The maximum absolute atomic E-state index is 12.7. The van der Waals surface area contributed by atoms with Crippen molar-refractivity contribution in [2.75, 3.05) is 18.5 Å². The van der Waals surface area contributed by atoms with Crippen LogP contribution in [-0.4, -0.2) is 35.3 Å². The van der Waals surface area contributed by atoms with Crippen LogP contribution in [0.2, 0.25) is 0 Å². The van der Waals surface area contributed by atoms with Crippen LogP contribution in [0.1, 0.15) is 24.5 Å². The van der Waals surface area contributed by atoms with Gasteiger partial charge in [-0.2, -0.15) is 0 Å². The third-order valence-electron chi connectivity index (χ3n) is 4.65. The molecule has 0 saturated carbocycles. The van der Waals surface area contributed by atoms with Crippen molar-refractivity contribution < 1.29 is 9.59 Å². The van der Waals surface area contributed by atoms with Gasteiger partial charge in [-0.05, 0) is 35.7 Å². The van der Waals surface area contributed by atoms with E-state index in [2.05, 4.69) is 11.9 Å². The Balaban J connectivity index is 1.65. The molecule has 0 N–H and O–H groups in total. The largest absolute Gasteiger partial charge is 0.341 e. The molecule has 1 aromatic carbocycles. The van der Waals surface area contributed by atoms with Crippen LogP contribution in [0.3, 0.4) is 0 Å². The first kappa shape index (κ1) is 17.1. The van der Waals surface area contributed by atoms with Gasteiger partial charge in [0.25, 0.3) is 0 Å². The maximum Gasteiger partial charge on any atom is 0.228 e. The molecule has 3 rings (SSSR count). The van der Waals surface area contributed by atoms with Crippen LogP contribution in [0, 0.1) is 5.92 Å². The molecular weight excluding hydrogens is 314 g/mol. The molecule has 0 spiro atoms. The van der Waals surface area contributed by atoms with Gasteiger partial charge in [-0.25, -0.2) is 0 Å². The Bertz CT molecular complexity index is 743. The number of aryl methyl sites for hydroxylation is 1. The summed E-state index contributed by atoms with van der Waals surface area (Å²) >= 11 is 0. The molecule has 0 bridgehead atoms. The number of pyridine rings is 1. The first-order valence-electron chi connectivity index (χ1n) is 8.61. The lowest BCUT2D eigenvalue weighted by Crippen LogP contribution is -2.34. The highest BCUT2D eigenvalue weighted by atomic mass is 16.2. The summed E-state index contributed by atoms with van der Waals surface area (Å²) in [4.78, 5) is 32.5. The fourth-order valence-corrected chi connectivity index (χ4v) is 3.19.